The maximum Gasteiger partial charge on any atom is 0.207 e. The quantitative estimate of drug-likeness (QED) is 0.245. The first-order valence-corrected chi connectivity index (χ1v) is 13.1. The fourth-order valence-corrected chi connectivity index (χ4v) is 6.22. The number of fused-ring (bicyclic) bond motifs is 1. The van der Waals surface area contributed by atoms with Gasteiger partial charge in [0.05, 0.1) is 6.67 Å². The molecule has 3 aromatic carbocycles. The van der Waals surface area contributed by atoms with Crippen LogP contribution in [-0.4, -0.2) is 42.1 Å². The van der Waals surface area contributed by atoms with E-state index in [9.17, 15) is 14.3 Å². The molecule has 0 spiro atoms. The predicted molar refractivity (Wildman–Crippen MR) is 144 cm³/mol. The summed E-state index contributed by atoms with van der Waals surface area (Å²) in [6.45, 7) is 6.10. The van der Waals surface area contributed by atoms with E-state index >= 15 is 0 Å². The van der Waals surface area contributed by atoms with Crippen molar-refractivity contribution in [1.82, 2.24) is 4.90 Å². The van der Waals surface area contributed by atoms with Crippen molar-refractivity contribution >= 4 is 38.8 Å². The molecule has 0 bridgehead atoms. The fraction of sp³-hybridized carbons (Fsp3) is 0.276. The molecule has 4 nitrogen and oxygen atoms in total. The number of alkyl halides is 1. The van der Waals surface area contributed by atoms with Crippen molar-refractivity contribution in [3.8, 4) is 17.2 Å². The monoisotopic (exact) mass is 523 g/mol. The standard InChI is InChI=1S/C29H27ClFNO3S/c1-17-11-21(30)12-18(2)26(17)27(34)29-28(24-8-5-22(33)13-25(24)36-29)35-23-6-3-19(4-7-23)9-10-32-15-20(14-31)16-32/h3-8,11-13,20,33H,9-10,14-16H2,1-2H3. The van der Waals surface area contributed by atoms with E-state index in [1.54, 1.807) is 30.3 Å². The number of phenolic OH excluding ortho intramolecular Hbond substituents is 1. The highest BCUT2D eigenvalue weighted by atomic mass is 35.5. The summed E-state index contributed by atoms with van der Waals surface area (Å²) in [5, 5.41) is 11.4. The minimum absolute atomic E-state index is 0.130. The molecular formula is C29H27ClFNO3S. The largest absolute Gasteiger partial charge is 0.508 e. The van der Waals surface area contributed by atoms with Crippen LogP contribution in [0.5, 0.6) is 17.2 Å². The first-order valence-electron chi connectivity index (χ1n) is 11.9. The molecule has 7 heteroatoms. The summed E-state index contributed by atoms with van der Waals surface area (Å²) in [5.74, 6) is 1.32. The van der Waals surface area contributed by atoms with Gasteiger partial charge in [0.1, 0.15) is 16.4 Å². The number of hydrogen-bond donors (Lipinski definition) is 1. The smallest absolute Gasteiger partial charge is 0.207 e. The second-order valence-corrected chi connectivity index (χ2v) is 10.9. The minimum atomic E-state index is -0.235. The predicted octanol–water partition coefficient (Wildman–Crippen LogP) is 7.34. The number of carbonyl (C=O) groups excluding carboxylic acids is 1. The summed E-state index contributed by atoms with van der Waals surface area (Å²) in [7, 11) is 0. The molecule has 36 heavy (non-hydrogen) atoms. The third-order valence-corrected chi connectivity index (χ3v) is 8.02. The van der Waals surface area contributed by atoms with Crippen molar-refractivity contribution in [2.45, 2.75) is 20.3 Å². The molecule has 1 N–H and O–H groups in total. The van der Waals surface area contributed by atoms with Gasteiger partial charge in [-0.25, -0.2) is 0 Å². The van der Waals surface area contributed by atoms with Crippen molar-refractivity contribution in [2.24, 2.45) is 5.92 Å². The topological polar surface area (TPSA) is 49.8 Å². The van der Waals surface area contributed by atoms with E-state index in [1.165, 1.54) is 16.9 Å². The fourth-order valence-electron chi connectivity index (χ4n) is 4.78. The highest BCUT2D eigenvalue weighted by Gasteiger charge is 2.26. The number of likely N-dealkylation sites (tertiary alicyclic amines) is 1. The molecule has 0 atom stereocenters. The lowest BCUT2D eigenvalue weighted by molar-refractivity contribution is 0.0824. The maximum absolute atomic E-state index is 13.7. The van der Waals surface area contributed by atoms with Gasteiger partial charge in [-0.05, 0) is 79.4 Å². The highest BCUT2D eigenvalue weighted by molar-refractivity contribution is 7.21. The van der Waals surface area contributed by atoms with Crippen LogP contribution in [0.15, 0.2) is 54.6 Å². The average Bonchev–Trinajstić information content (AvgIpc) is 3.15. The lowest BCUT2D eigenvalue weighted by Crippen LogP contribution is -2.48. The van der Waals surface area contributed by atoms with Crippen molar-refractivity contribution in [3.63, 3.8) is 0 Å². The van der Waals surface area contributed by atoms with E-state index in [1.807, 2.05) is 38.1 Å². The van der Waals surface area contributed by atoms with Crippen LogP contribution in [0.25, 0.3) is 10.1 Å². The number of ether oxygens (including phenoxy) is 1. The third-order valence-electron chi connectivity index (χ3n) is 6.67. The maximum atomic E-state index is 13.7. The number of thiophene rings is 1. The molecule has 0 amide bonds. The number of benzene rings is 3. The first-order chi connectivity index (χ1) is 17.3. The Hall–Kier alpha value is -2.93. The second kappa shape index (κ2) is 10.2. The summed E-state index contributed by atoms with van der Waals surface area (Å²) in [4.78, 5) is 16.5. The lowest BCUT2D eigenvalue weighted by Gasteiger charge is -2.37. The third kappa shape index (κ3) is 4.99. The van der Waals surface area contributed by atoms with Gasteiger partial charge in [0.15, 0.2) is 5.75 Å². The van der Waals surface area contributed by atoms with Gasteiger partial charge >= 0.3 is 0 Å². The summed E-state index contributed by atoms with van der Waals surface area (Å²) in [6, 6.07) is 16.5. The Kier molecular flexibility index (Phi) is 7.02. The van der Waals surface area contributed by atoms with Gasteiger partial charge in [-0.2, -0.15) is 0 Å². The van der Waals surface area contributed by atoms with Gasteiger partial charge < -0.3 is 14.7 Å². The minimum Gasteiger partial charge on any atom is -0.508 e. The number of rotatable bonds is 8. The van der Waals surface area contributed by atoms with Crippen LogP contribution in [-0.2, 0) is 6.42 Å². The Morgan fingerprint density at radius 3 is 2.47 bits per heavy atom. The molecule has 2 heterocycles. The molecule has 1 saturated heterocycles. The summed E-state index contributed by atoms with van der Waals surface area (Å²) in [6.07, 6.45) is 0.888. The number of carbonyl (C=O) groups is 1. The van der Waals surface area contributed by atoms with E-state index in [2.05, 4.69) is 4.90 Å². The Morgan fingerprint density at radius 2 is 1.81 bits per heavy atom. The van der Waals surface area contributed by atoms with E-state index in [0.717, 1.165) is 47.3 Å². The number of ketones is 1. The Morgan fingerprint density at radius 1 is 1.11 bits per heavy atom. The lowest BCUT2D eigenvalue weighted by atomic mass is 9.98. The average molecular weight is 524 g/mol. The van der Waals surface area contributed by atoms with Crippen LogP contribution in [0.3, 0.4) is 0 Å². The van der Waals surface area contributed by atoms with Crippen molar-refractivity contribution in [3.05, 3.63) is 86.8 Å². The summed E-state index contributed by atoms with van der Waals surface area (Å²) in [5.41, 5.74) is 3.40. The Bertz CT molecular complexity index is 1400. The van der Waals surface area contributed by atoms with Gasteiger partial charge in [-0.1, -0.05) is 23.7 Å². The molecule has 0 saturated carbocycles. The number of aryl methyl sites for hydroxylation is 2. The van der Waals surface area contributed by atoms with Crippen LogP contribution >= 0.6 is 22.9 Å². The van der Waals surface area contributed by atoms with E-state index < -0.39 is 0 Å². The van der Waals surface area contributed by atoms with Crippen molar-refractivity contribution in [2.75, 3.05) is 26.3 Å². The Balaban J connectivity index is 1.42. The zero-order chi connectivity index (χ0) is 25.4. The van der Waals surface area contributed by atoms with E-state index in [-0.39, 0.29) is 24.1 Å². The van der Waals surface area contributed by atoms with Gasteiger partial charge in [0.25, 0.3) is 0 Å². The summed E-state index contributed by atoms with van der Waals surface area (Å²) >= 11 is 7.50. The molecule has 1 fully saturated rings. The van der Waals surface area contributed by atoms with Gasteiger partial charge in [-0.3, -0.25) is 9.18 Å². The molecule has 4 aromatic rings. The molecule has 186 valence electrons. The van der Waals surface area contributed by atoms with Gasteiger partial charge in [0.2, 0.25) is 5.78 Å². The van der Waals surface area contributed by atoms with Crippen LogP contribution in [0, 0.1) is 19.8 Å². The van der Waals surface area contributed by atoms with Crippen LogP contribution in [0.2, 0.25) is 5.02 Å². The molecule has 1 aliphatic rings. The molecule has 5 rings (SSSR count). The molecule has 0 unspecified atom stereocenters. The van der Waals surface area contributed by atoms with Gasteiger partial charge in [0, 0.05) is 46.2 Å². The number of aromatic hydroxyl groups is 1. The molecule has 0 radical (unpaired) electrons. The Labute approximate surface area is 218 Å². The zero-order valence-electron chi connectivity index (χ0n) is 20.2. The molecular weight excluding hydrogens is 497 g/mol. The van der Waals surface area contributed by atoms with Crippen LogP contribution < -0.4 is 4.74 Å². The number of phenols is 1. The summed E-state index contributed by atoms with van der Waals surface area (Å²) < 4.78 is 19.7. The van der Waals surface area contributed by atoms with Gasteiger partial charge in [-0.15, -0.1) is 11.3 Å². The molecule has 0 aliphatic carbocycles. The van der Waals surface area contributed by atoms with E-state index in [0.29, 0.717) is 27.0 Å². The number of nitrogens with zero attached hydrogens (tertiary/aromatic N) is 1. The molecule has 1 aromatic heterocycles. The van der Waals surface area contributed by atoms with Crippen molar-refractivity contribution in [1.29, 1.82) is 0 Å². The van der Waals surface area contributed by atoms with Crippen LogP contribution in [0.4, 0.5) is 4.39 Å². The highest BCUT2D eigenvalue weighted by Crippen LogP contribution is 2.43. The molecule has 1 aliphatic heterocycles. The normalized spacial score (nSPS) is 14.2. The van der Waals surface area contributed by atoms with Crippen LogP contribution in [0.1, 0.15) is 31.9 Å². The number of halogens is 2. The zero-order valence-corrected chi connectivity index (χ0v) is 21.8. The first kappa shape index (κ1) is 24.8. The van der Waals surface area contributed by atoms with E-state index in [4.69, 9.17) is 16.3 Å². The number of hydrogen-bond acceptors (Lipinski definition) is 5. The SMILES string of the molecule is Cc1cc(Cl)cc(C)c1C(=O)c1sc2cc(O)ccc2c1Oc1ccc(CCN2CC(CF)C2)cc1. The van der Waals surface area contributed by atoms with Crippen molar-refractivity contribution < 1.29 is 19.0 Å². The second-order valence-electron chi connectivity index (χ2n) is 9.46.